The smallest absolute Gasteiger partial charge is 0.312 e. The number of carbonyl (C=O) groups excluding carboxylic acids is 4. The first-order valence-corrected chi connectivity index (χ1v) is 8.54. The van der Waals surface area contributed by atoms with Crippen molar-refractivity contribution in [2.75, 3.05) is 13.2 Å². The van der Waals surface area contributed by atoms with Gasteiger partial charge in [-0.15, -0.1) is 0 Å². The van der Waals surface area contributed by atoms with Gasteiger partial charge < -0.3 is 20.5 Å². The van der Waals surface area contributed by atoms with E-state index < -0.39 is 60.2 Å². The molecule has 0 bridgehead atoms. The number of primary amides is 1. The minimum Gasteiger partial charge on any atom is -0.466 e. The molecular formula is C18H22F2N2O6. The van der Waals surface area contributed by atoms with Crippen LogP contribution in [-0.2, 0) is 35.1 Å². The molecule has 3 N–H and O–H groups in total. The van der Waals surface area contributed by atoms with Gasteiger partial charge in [0.15, 0.2) is 11.6 Å². The summed E-state index contributed by atoms with van der Waals surface area (Å²) in [6, 6.07) is 1.32. The van der Waals surface area contributed by atoms with Crippen molar-refractivity contribution in [2.45, 2.75) is 32.7 Å². The Kier molecular flexibility index (Phi) is 9.00. The molecule has 0 spiro atoms. The molecule has 0 aliphatic carbocycles. The van der Waals surface area contributed by atoms with Crippen molar-refractivity contribution >= 4 is 23.8 Å². The molecule has 0 unspecified atom stereocenters. The average molecular weight is 400 g/mol. The van der Waals surface area contributed by atoms with E-state index in [-0.39, 0.29) is 18.8 Å². The summed E-state index contributed by atoms with van der Waals surface area (Å²) in [4.78, 5) is 48.0. The highest BCUT2D eigenvalue weighted by Gasteiger charge is 2.37. The second-order valence-electron chi connectivity index (χ2n) is 5.74. The summed E-state index contributed by atoms with van der Waals surface area (Å²) in [6.07, 6.45) is -0.943. The van der Waals surface area contributed by atoms with Crippen molar-refractivity contribution in [1.82, 2.24) is 5.32 Å². The summed E-state index contributed by atoms with van der Waals surface area (Å²) in [6.45, 7) is 3.12. The molecule has 0 fully saturated rings. The Balaban J connectivity index is 2.96. The third-order valence-corrected chi connectivity index (χ3v) is 3.66. The molecular weight excluding hydrogens is 378 g/mol. The van der Waals surface area contributed by atoms with Crippen LogP contribution in [0.2, 0.25) is 0 Å². The number of nitrogens with one attached hydrogen (secondary N) is 1. The van der Waals surface area contributed by atoms with Crippen molar-refractivity contribution in [1.29, 1.82) is 0 Å². The molecule has 154 valence electrons. The summed E-state index contributed by atoms with van der Waals surface area (Å²) in [5, 5.41) is 2.25. The zero-order chi connectivity index (χ0) is 21.3. The van der Waals surface area contributed by atoms with Crippen LogP contribution in [0, 0.1) is 17.6 Å². The number of carbonyl (C=O) groups is 4. The Bertz CT molecular complexity index is 741. The number of nitrogens with two attached hydrogens (primary N) is 1. The fourth-order valence-electron chi connectivity index (χ4n) is 2.42. The van der Waals surface area contributed by atoms with Crippen molar-refractivity contribution < 1.29 is 37.4 Å². The van der Waals surface area contributed by atoms with E-state index in [1.807, 2.05) is 0 Å². The normalized spacial score (nSPS) is 12.6. The largest absolute Gasteiger partial charge is 0.466 e. The molecule has 0 saturated heterocycles. The summed E-state index contributed by atoms with van der Waals surface area (Å²) in [5.74, 6) is -7.15. The predicted molar refractivity (Wildman–Crippen MR) is 92.6 cm³/mol. The first kappa shape index (κ1) is 23.0. The topological polar surface area (TPSA) is 125 Å². The lowest BCUT2D eigenvalue weighted by Crippen LogP contribution is -2.52. The number of hydrogen-bond acceptors (Lipinski definition) is 6. The highest BCUT2D eigenvalue weighted by Crippen LogP contribution is 2.15. The standard InChI is InChI=1S/C18H22F2N2O6/c1-3-27-15(24)9-11(18(26)28-4-2)16(17(21)25)22-14(23)8-10-5-6-12(19)13(20)7-10/h5-7,11,16H,3-4,8-9H2,1-2H3,(H2,21,25)(H,22,23)/t11-,16-/m0/s1. The van der Waals surface area contributed by atoms with Crippen LogP contribution in [0.25, 0.3) is 0 Å². The quantitative estimate of drug-likeness (QED) is 0.555. The van der Waals surface area contributed by atoms with Gasteiger partial charge in [-0.05, 0) is 31.5 Å². The highest BCUT2D eigenvalue weighted by molar-refractivity contribution is 5.93. The van der Waals surface area contributed by atoms with Gasteiger partial charge in [0, 0.05) is 0 Å². The molecule has 8 nitrogen and oxygen atoms in total. The van der Waals surface area contributed by atoms with Gasteiger partial charge in [-0.25, -0.2) is 8.78 Å². The molecule has 0 aliphatic heterocycles. The SMILES string of the molecule is CCOC(=O)C[C@H](C(=O)OCC)[C@H](NC(=O)Cc1ccc(F)c(F)c1)C(N)=O. The number of hydrogen-bond donors (Lipinski definition) is 2. The maximum Gasteiger partial charge on any atom is 0.312 e. The lowest BCUT2D eigenvalue weighted by Gasteiger charge is -2.23. The van der Waals surface area contributed by atoms with E-state index in [1.165, 1.54) is 13.0 Å². The second-order valence-corrected chi connectivity index (χ2v) is 5.74. The Morgan fingerprint density at radius 3 is 2.25 bits per heavy atom. The first-order chi connectivity index (χ1) is 13.2. The van der Waals surface area contributed by atoms with Crippen molar-refractivity contribution in [3.8, 4) is 0 Å². The van der Waals surface area contributed by atoms with Crippen LogP contribution < -0.4 is 11.1 Å². The molecule has 0 aliphatic rings. The van der Waals surface area contributed by atoms with Crippen LogP contribution in [-0.4, -0.2) is 43.0 Å². The number of amides is 2. The fourth-order valence-corrected chi connectivity index (χ4v) is 2.42. The van der Waals surface area contributed by atoms with E-state index >= 15 is 0 Å². The van der Waals surface area contributed by atoms with E-state index in [0.717, 1.165) is 12.1 Å². The van der Waals surface area contributed by atoms with Crippen molar-refractivity contribution in [3.05, 3.63) is 35.4 Å². The maximum atomic E-state index is 13.3. The molecule has 10 heteroatoms. The molecule has 0 saturated carbocycles. The van der Waals surface area contributed by atoms with Gasteiger partial charge >= 0.3 is 11.9 Å². The predicted octanol–water partition coefficient (Wildman–Crippen LogP) is 0.610. The van der Waals surface area contributed by atoms with Crippen molar-refractivity contribution in [2.24, 2.45) is 11.7 Å². The number of benzene rings is 1. The summed E-state index contributed by atoms with van der Waals surface area (Å²) in [7, 11) is 0. The zero-order valence-corrected chi connectivity index (χ0v) is 15.5. The molecule has 2 amide bonds. The fraction of sp³-hybridized carbons (Fsp3) is 0.444. The summed E-state index contributed by atoms with van der Waals surface area (Å²) < 4.78 is 35.8. The summed E-state index contributed by atoms with van der Waals surface area (Å²) >= 11 is 0. The Hall–Kier alpha value is -3.04. The van der Waals surface area contributed by atoms with Crippen LogP contribution in [0.3, 0.4) is 0 Å². The number of halogens is 2. The molecule has 0 radical (unpaired) electrons. The van der Waals surface area contributed by atoms with E-state index in [0.29, 0.717) is 0 Å². The van der Waals surface area contributed by atoms with E-state index in [9.17, 15) is 28.0 Å². The van der Waals surface area contributed by atoms with Crippen LogP contribution in [0.4, 0.5) is 8.78 Å². The highest BCUT2D eigenvalue weighted by atomic mass is 19.2. The molecule has 1 rings (SSSR count). The van der Waals surface area contributed by atoms with Crippen LogP contribution >= 0.6 is 0 Å². The number of rotatable bonds is 10. The number of esters is 2. The molecule has 1 aromatic rings. The van der Waals surface area contributed by atoms with E-state index in [4.69, 9.17) is 15.2 Å². The van der Waals surface area contributed by atoms with E-state index in [1.54, 1.807) is 6.92 Å². The first-order valence-electron chi connectivity index (χ1n) is 8.54. The average Bonchev–Trinajstić information content (AvgIpc) is 2.61. The van der Waals surface area contributed by atoms with Gasteiger partial charge in [0.2, 0.25) is 11.8 Å². The monoisotopic (exact) mass is 400 g/mol. The van der Waals surface area contributed by atoms with Crippen LogP contribution in [0.1, 0.15) is 25.8 Å². The molecule has 28 heavy (non-hydrogen) atoms. The second kappa shape index (κ2) is 11.0. The van der Waals surface area contributed by atoms with Gasteiger partial charge in [-0.3, -0.25) is 19.2 Å². The van der Waals surface area contributed by atoms with Crippen molar-refractivity contribution in [3.63, 3.8) is 0 Å². The third-order valence-electron chi connectivity index (χ3n) is 3.66. The van der Waals surface area contributed by atoms with Crippen LogP contribution in [0.15, 0.2) is 18.2 Å². The lowest BCUT2D eigenvalue weighted by atomic mass is 9.95. The lowest BCUT2D eigenvalue weighted by molar-refractivity contribution is -0.157. The number of ether oxygens (including phenoxy) is 2. The van der Waals surface area contributed by atoms with Crippen LogP contribution in [0.5, 0.6) is 0 Å². The minimum atomic E-state index is -1.55. The maximum absolute atomic E-state index is 13.3. The summed E-state index contributed by atoms with van der Waals surface area (Å²) in [5.41, 5.74) is 5.42. The Morgan fingerprint density at radius 2 is 1.71 bits per heavy atom. The van der Waals surface area contributed by atoms with Gasteiger partial charge in [0.25, 0.3) is 0 Å². The van der Waals surface area contributed by atoms with Gasteiger partial charge in [0.05, 0.1) is 32.0 Å². The molecule has 1 aromatic carbocycles. The minimum absolute atomic E-state index is 0.0214. The zero-order valence-electron chi connectivity index (χ0n) is 15.5. The van der Waals surface area contributed by atoms with Gasteiger partial charge in [-0.2, -0.15) is 0 Å². The third kappa shape index (κ3) is 6.93. The van der Waals surface area contributed by atoms with Gasteiger partial charge in [-0.1, -0.05) is 6.07 Å². The Labute approximate surface area is 160 Å². The Morgan fingerprint density at radius 1 is 1.07 bits per heavy atom. The molecule has 2 atom stereocenters. The molecule has 0 heterocycles. The van der Waals surface area contributed by atoms with Gasteiger partial charge in [0.1, 0.15) is 6.04 Å². The molecule has 0 aromatic heterocycles. The van der Waals surface area contributed by atoms with E-state index in [2.05, 4.69) is 5.32 Å².